The maximum absolute atomic E-state index is 12.9. The summed E-state index contributed by atoms with van der Waals surface area (Å²) < 4.78 is 32.7. The van der Waals surface area contributed by atoms with Crippen molar-refractivity contribution >= 4 is 38.9 Å². The normalized spacial score (nSPS) is 17.3. The van der Waals surface area contributed by atoms with Crippen LogP contribution in [0, 0.1) is 0 Å². The minimum Gasteiger partial charge on any atom is -0.497 e. The average Bonchev–Trinajstić information content (AvgIpc) is 3.30. The number of methoxy groups -OCH3 is 1. The lowest BCUT2D eigenvalue weighted by molar-refractivity contribution is -0.136. The molecule has 0 saturated carbocycles. The first-order valence-electron chi connectivity index (χ1n) is 9.70. The molecular formula is C20H25N3O5S2. The van der Waals surface area contributed by atoms with E-state index in [0.717, 1.165) is 19.3 Å². The molecule has 30 heavy (non-hydrogen) atoms. The molecule has 2 aromatic rings. The average molecular weight is 452 g/mol. The molecule has 1 aliphatic rings. The molecule has 10 heteroatoms. The lowest BCUT2D eigenvalue weighted by Crippen LogP contribution is -2.45. The third kappa shape index (κ3) is 5.38. The highest BCUT2D eigenvalue weighted by Crippen LogP contribution is 2.29. The first kappa shape index (κ1) is 22.3. The minimum atomic E-state index is -3.53. The van der Waals surface area contributed by atoms with Gasteiger partial charge in [-0.15, -0.1) is 11.3 Å². The van der Waals surface area contributed by atoms with E-state index in [1.165, 1.54) is 22.8 Å². The van der Waals surface area contributed by atoms with Crippen molar-refractivity contribution in [1.29, 1.82) is 0 Å². The number of rotatable bonds is 7. The van der Waals surface area contributed by atoms with Crippen molar-refractivity contribution in [3.8, 4) is 5.75 Å². The van der Waals surface area contributed by atoms with Gasteiger partial charge in [0.1, 0.15) is 9.96 Å². The molecule has 2 amide bonds. The number of amides is 2. The first-order chi connectivity index (χ1) is 14.4. The Bertz CT molecular complexity index is 976. The maximum Gasteiger partial charge on any atom is 0.313 e. The van der Waals surface area contributed by atoms with Gasteiger partial charge >= 0.3 is 11.8 Å². The second kappa shape index (κ2) is 10.1. The number of anilines is 1. The number of ether oxygens (including phenoxy) is 1. The fourth-order valence-electron chi connectivity index (χ4n) is 3.43. The van der Waals surface area contributed by atoms with Crippen LogP contribution in [0.1, 0.15) is 25.7 Å². The standard InChI is InChI=1S/C20H25N3O5S2/c1-28-17-8-4-6-15(14-17)22-20(25)19(24)21-11-10-16-7-2-3-12-23(16)30(26,27)18-9-5-13-29-18/h4-6,8-9,13-14,16H,2-3,7,10-12H2,1H3,(H,21,24)(H,22,25). The molecule has 1 aromatic heterocycles. The number of sulfonamides is 1. The Kier molecular flexibility index (Phi) is 7.46. The molecule has 0 spiro atoms. The van der Waals surface area contributed by atoms with Gasteiger partial charge in [0.15, 0.2) is 0 Å². The quantitative estimate of drug-likeness (QED) is 0.629. The molecular weight excluding hydrogens is 426 g/mol. The number of carbonyl (C=O) groups is 2. The highest BCUT2D eigenvalue weighted by atomic mass is 32.2. The highest BCUT2D eigenvalue weighted by molar-refractivity contribution is 7.91. The fourth-order valence-corrected chi connectivity index (χ4v) is 6.27. The van der Waals surface area contributed by atoms with E-state index in [1.807, 2.05) is 0 Å². The van der Waals surface area contributed by atoms with Crippen LogP contribution in [0.2, 0.25) is 0 Å². The van der Waals surface area contributed by atoms with E-state index in [0.29, 0.717) is 28.6 Å². The van der Waals surface area contributed by atoms with E-state index in [2.05, 4.69) is 10.6 Å². The van der Waals surface area contributed by atoms with Crippen molar-refractivity contribution in [3.05, 3.63) is 41.8 Å². The molecule has 1 fully saturated rings. The summed E-state index contributed by atoms with van der Waals surface area (Å²) in [6, 6.07) is 9.83. The predicted octanol–water partition coefficient (Wildman–Crippen LogP) is 2.44. The topological polar surface area (TPSA) is 105 Å². The largest absolute Gasteiger partial charge is 0.497 e. The van der Waals surface area contributed by atoms with Gasteiger partial charge in [-0.25, -0.2) is 8.42 Å². The lowest BCUT2D eigenvalue weighted by Gasteiger charge is -2.34. The lowest BCUT2D eigenvalue weighted by atomic mass is 10.0. The molecule has 1 atom stereocenters. The Hall–Kier alpha value is -2.43. The molecule has 1 unspecified atom stereocenters. The number of nitrogens with one attached hydrogen (secondary N) is 2. The van der Waals surface area contributed by atoms with Gasteiger partial charge < -0.3 is 15.4 Å². The van der Waals surface area contributed by atoms with Crippen molar-refractivity contribution in [1.82, 2.24) is 9.62 Å². The predicted molar refractivity (Wildman–Crippen MR) is 115 cm³/mol. The second-order valence-corrected chi connectivity index (χ2v) is 9.99. The van der Waals surface area contributed by atoms with Crippen LogP contribution in [-0.4, -0.2) is 50.8 Å². The molecule has 1 aliphatic heterocycles. The van der Waals surface area contributed by atoms with Gasteiger partial charge in [0.25, 0.3) is 10.0 Å². The highest BCUT2D eigenvalue weighted by Gasteiger charge is 2.33. The number of hydrogen-bond acceptors (Lipinski definition) is 6. The van der Waals surface area contributed by atoms with Gasteiger partial charge in [-0.05, 0) is 42.8 Å². The van der Waals surface area contributed by atoms with E-state index in [4.69, 9.17) is 4.74 Å². The number of piperidine rings is 1. The Morgan fingerprint density at radius 3 is 2.77 bits per heavy atom. The number of benzene rings is 1. The van der Waals surface area contributed by atoms with Crippen molar-refractivity contribution in [2.24, 2.45) is 0 Å². The van der Waals surface area contributed by atoms with Crippen LogP contribution in [-0.2, 0) is 19.6 Å². The first-order valence-corrected chi connectivity index (χ1v) is 12.0. The number of hydrogen-bond donors (Lipinski definition) is 2. The maximum atomic E-state index is 12.9. The summed E-state index contributed by atoms with van der Waals surface area (Å²) in [6.45, 7) is 0.681. The molecule has 0 bridgehead atoms. The van der Waals surface area contributed by atoms with Crippen molar-refractivity contribution in [2.75, 3.05) is 25.5 Å². The van der Waals surface area contributed by atoms with Crippen LogP contribution in [0.25, 0.3) is 0 Å². The fraction of sp³-hybridized carbons (Fsp3) is 0.400. The zero-order chi connectivity index (χ0) is 21.6. The molecule has 162 valence electrons. The van der Waals surface area contributed by atoms with Gasteiger partial charge in [-0.3, -0.25) is 9.59 Å². The van der Waals surface area contributed by atoms with Crippen LogP contribution in [0.15, 0.2) is 46.0 Å². The molecule has 8 nitrogen and oxygen atoms in total. The Labute approximate surface area is 180 Å². The zero-order valence-corrected chi connectivity index (χ0v) is 18.3. The van der Waals surface area contributed by atoms with E-state index in [-0.39, 0.29) is 12.6 Å². The molecule has 2 heterocycles. The third-order valence-electron chi connectivity index (χ3n) is 4.93. The summed E-state index contributed by atoms with van der Waals surface area (Å²) in [7, 11) is -2.02. The number of carbonyl (C=O) groups excluding carboxylic acids is 2. The summed E-state index contributed by atoms with van der Waals surface area (Å²) >= 11 is 1.20. The molecule has 1 saturated heterocycles. The zero-order valence-electron chi connectivity index (χ0n) is 16.7. The van der Waals surface area contributed by atoms with Gasteiger partial charge in [-0.2, -0.15) is 4.31 Å². The minimum absolute atomic E-state index is 0.201. The smallest absolute Gasteiger partial charge is 0.313 e. The van der Waals surface area contributed by atoms with Gasteiger partial charge in [-0.1, -0.05) is 18.6 Å². The van der Waals surface area contributed by atoms with Crippen LogP contribution < -0.4 is 15.4 Å². The van der Waals surface area contributed by atoms with Crippen molar-refractivity contribution < 1.29 is 22.7 Å². The number of nitrogens with zero attached hydrogens (tertiary/aromatic N) is 1. The van der Waals surface area contributed by atoms with Gasteiger partial charge in [0.05, 0.1) is 7.11 Å². The molecule has 0 radical (unpaired) electrons. The van der Waals surface area contributed by atoms with Gasteiger partial charge in [0, 0.05) is 30.9 Å². The summed E-state index contributed by atoms with van der Waals surface area (Å²) in [5, 5.41) is 6.85. The van der Waals surface area contributed by atoms with Crippen LogP contribution in [0.3, 0.4) is 0 Å². The van der Waals surface area contributed by atoms with Crippen molar-refractivity contribution in [3.63, 3.8) is 0 Å². The monoisotopic (exact) mass is 451 g/mol. The van der Waals surface area contributed by atoms with Crippen LogP contribution in [0.4, 0.5) is 5.69 Å². The molecule has 0 aliphatic carbocycles. The number of thiophene rings is 1. The van der Waals surface area contributed by atoms with Crippen molar-refractivity contribution in [2.45, 2.75) is 35.9 Å². The van der Waals surface area contributed by atoms with E-state index >= 15 is 0 Å². The summed E-state index contributed by atoms with van der Waals surface area (Å²) in [4.78, 5) is 24.2. The Morgan fingerprint density at radius 2 is 2.03 bits per heavy atom. The summed E-state index contributed by atoms with van der Waals surface area (Å²) in [5.41, 5.74) is 0.454. The second-order valence-electron chi connectivity index (χ2n) is 6.93. The Morgan fingerprint density at radius 1 is 1.20 bits per heavy atom. The van der Waals surface area contributed by atoms with Crippen LogP contribution in [0.5, 0.6) is 5.75 Å². The van der Waals surface area contributed by atoms with E-state index < -0.39 is 21.8 Å². The molecule has 2 N–H and O–H groups in total. The third-order valence-corrected chi connectivity index (χ3v) is 8.25. The Balaban J connectivity index is 1.53. The summed E-state index contributed by atoms with van der Waals surface area (Å²) in [5.74, 6) is -0.978. The van der Waals surface area contributed by atoms with Crippen LogP contribution >= 0.6 is 11.3 Å². The molecule has 3 rings (SSSR count). The van der Waals surface area contributed by atoms with Gasteiger partial charge in [0.2, 0.25) is 0 Å². The van der Waals surface area contributed by atoms with E-state index in [1.54, 1.807) is 41.8 Å². The molecule has 1 aromatic carbocycles. The van der Waals surface area contributed by atoms with E-state index in [9.17, 15) is 18.0 Å². The SMILES string of the molecule is COc1cccc(NC(=O)C(=O)NCCC2CCCCN2S(=O)(=O)c2cccs2)c1. The summed E-state index contributed by atoms with van der Waals surface area (Å²) in [6.07, 6.45) is 2.93.